The van der Waals surface area contributed by atoms with E-state index in [-0.39, 0.29) is 6.04 Å². The van der Waals surface area contributed by atoms with Crippen LogP contribution in [0.1, 0.15) is 25.6 Å². The predicted octanol–water partition coefficient (Wildman–Crippen LogP) is 2.09. The molecule has 0 aliphatic carbocycles. The van der Waals surface area contributed by atoms with Crippen molar-refractivity contribution < 1.29 is 8.42 Å². The maximum atomic E-state index is 11.6. The third kappa shape index (κ3) is 3.23. The van der Waals surface area contributed by atoms with Gasteiger partial charge in [-0.15, -0.1) is 11.3 Å². The highest BCUT2D eigenvalue weighted by molar-refractivity contribution is 7.88. The molecule has 0 unspecified atom stereocenters. The Morgan fingerprint density at radius 3 is 2.73 bits per heavy atom. The Kier molecular flexibility index (Phi) is 4.33. The summed E-state index contributed by atoms with van der Waals surface area (Å²) in [5, 5.41) is 6.56. The molecule has 1 aliphatic heterocycles. The molecule has 8 heteroatoms. The van der Waals surface area contributed by atoms with Crippen molar-refractivity contribution in [2.45, 2.75) is 32.2 Å². The van der Waals surface area contributed by atoms with E-state index in [1.807, 2.05) is 18.4 Å². The van der Waals surface area contributed by atoms with Gasteiger partial charge in [-0.05, 0) is 24.3 Å². The number of hydrogen-bond acceptors (Lipinski definition) is 6. The molecule has 6 nitrogen and oxygen atoms in total. The van der Waals surface area contributed by atoms with Crippen LogP contribution in [-0.4, -0.2) is 48.1 Å². The van der Waals surface area contributed by atoms with Crippen molar-refractivity contribution >= 4 is 37.4 Å². The summed E-state index contributed by atoms with van der Waals surface area (Å²) in [6.45, 7) is 3.17. The summed E-state index contributed by atoms with van der Waals surface area (Å²) in [7, 11) is -3.08. The molecule has 0 atom stereocenters. The summed E-state index contributed by atoms with van der Waals surface area (Å²) in [6.07, 6.45) is 3.66. The monoisotopic (exact) mass is 340 g/mol. The zero-order chi connectivity index (χ0) is 15.7. The van der Waals surface area contributed by atoms with Crippen LogP contribution < -0.4 is 5.32 Å². The number of piperidine rings is 1. The lowest BCUT2D eigenvalue weighted by Gasteiger charge is -2.31. The fourth-order valence-corrected chi connectivity index (χ4v) is 4.35. The average Bonchev–Trinajstić information content (AvgIpc) is 2.95. The van der Waals surface area contributed by atoms with E-state index in [1.165, 1.54) is 6.26 Å². The highest BCUT2D eigenvalue weighted by Gasteiger charge is 2.25. The summed E-state index contributed by atoms with van der Waals surface area (Å²) >= 11 is 1.62. The number of rotatable bonds is 4. The van der Waals surface area contributed by atoms with Crippen molar-refractivity contribution in [3.8, 4) is 0 Å². The maximum Gasteiger partial charge on any atom is 0.211 e. The fourth-order valence-electron chi connectivity index (χ4n) is 2.69. The lowest BCUT2D eigenvalue weighted by molar-refractivity contribution is 0.331. The molecule has 1 saturated heterocycles. The first-order valence-electron chi connectivity index (χ1n) is 7.43. The van der Waals surface area contributed by atoms with Gasteiger partial charge in [0.1, 0.15) is 16.5 Å². The molecule has 0 aromatic carbocycles. The van der Waals surface area contributed by atoms with Gasteiger partial charge in [-0.25, -0.2) is 22.7 Å². The van der Waals surface area contributed by atoms with Crippen LogP contribution in [0.3, 0.4) is 0 Å². The second-order valence-corrected chi connectivity index (χ2v) is 8.44. The standard InChI is InChI=1S/C14H20N4O2S2/c1-3-12-16-13(11-6-9-21-14(11)17-12)15-10-4-7-18(8-5-10)22(2,19)20/h6,9-10H,3-5,7-8H2,1-2H3,(H,15,16,17). The van der Waals surface area contributed by atoms with Gasteiger partial charge < -0.3 is 5.32 Å². The SMILES string of the molecule is CCc1nc(NC2CCN(S(C)(=O)=O)CC2)c2ccsc2n1. The Bertz CT molecular complexity index is 764. The molecule has 1 fully saturated rings. The van der Waals surface area contributed by atoms with Crippen molar-refractivity contribution in [1.29, 1.82) is 0 Å². The first-order valence-corrected chi connectivity index (χ1v) is 10.2. The molecular weight excluding hydrogens is 320 g/mol. The number of anilines is 1. The molecule has 22 heavy (non-hydrogen) atoms. The topological polar surface area (TPSA) is 75.2 Å². The number of nitrogens with one attached hydrogen (secondary N) is 1. The van der Waals surface area contributed by atoms with Gasteiger partial charge in [0.25, 0.3) is 0 Å². The Balaban J connectivity index is 1.76. The molecule has 1 aliphatic rings. The smallest absolute Gasteiger partial charge is 0.211 e. The van der Waals surface area contributed by atoms with Crippen LogP contribution in [0.2, 0.25) is 0 Å². The van der Waals surface area contributed by atoms with Gasteiger partial charge in [0.2, 0.25) is 10.0 Å². The van der Waals surface area contributed by atoms with Crippen molar-refractivity contribution in [3.63, 3.8) is 0 Å². The molecule has 0 bridgehead atoms. The number of hydrogen-bond donors (Lipinski definition) is 1. The third-order valence-electron chi connectivity index (χ3n) is 3.95. The highest BCUT2D eigenvalue weighted by atomic mass is 32.2. The second-order valence-electron chi connectivity index (χ2n) is 5.56. The summed E-state index contributed by atoms with van der Waals surface area (Å²) in [6, 6.07) is 2.29. The second kappa shape index (κ2) is 6.10. The predicted molar refractivity (Wildman–Crippen MR) is 89.9 cm³/mol. The molecule has 0 amide bonds. The molecule has 2 aromatic rings. The maximum absolute atomic E-state index is 11.6. The lowest BCUT2D eigenvalue weighted by Crippen LogP contribution is -2.42. The molecule has 0 spiro atoms. The molecule has 3 rings (SSSR count). The summed E-state index contributed by atoms with van der Waals surface area (Å²) in [4.78, 5) is 10.1. The normalized spacial score (nSPS) is 17.9. The van der Waals surface area contributed by atoms with Gasteiger partial charge in [-0.2, -0.15) is 0 Å². The van der Waals surface area contributed by atoms with Gasteiger partial charge in [-0.1, -0.05) is 6.92 Å². The summed E-state index contributed by atoms with van der Waals surface area (Å²) in [5.41, 5.74) is 0. The zero-order valence-corrected chi connectivity index (χ0v) is 14.4. The lowest BCUT2D eigenvalue weighted by atomic mass is 10.1. The Morgan fingerprint density at radius 2 is 2.09 bits per heavy atom. The zero-order valence-electron chi connectivity index (χ0n) is 12.7. The van der Waals surface area contributed by atoms with Gasteiger partial charge in [0.05, 0.1) is 11.6 Å². The van der Waals surface area contributed by atoms with Crippen LogP contribution in [0, 0.1) is 0 Å². The van der Waals surface area contributed by atoms with E-state index in [2.05, 4.69) is 15.3 Å². The Morgan fingerprint density at radius 1 is 1.36 bits per heavy atom. The summed E-state index contributed by atoms with van der Waals surface area (Å²) in [5.74, 6) is 1.71. The first-order chi connectivity index (χ1) is 10.5. The van der Waals surface area contributed by atoms with Crippen LogP contribution in [-0.2, 0) is 16.4 Å². The number of sulfonamides is 1. The van der Waals surface area contributed by atoms with Crippen molar-refractivity contribution in [3.05, 3.63) is 17.3 Å². The minimum atomic E-state index is -3.08. The van der Waals surface area contributed by atoms with Crippen molar-refractivity contribution in [2.24, 2.45) is 0 Å². The van der Waals surface area contributed by atoms with Gasteiger partial charge in [0, 0.05) is 25.6 Å². The van der Waals surface area contributed by atoms with Gasteiger partial charge in [0.15, 0.2) is 0 Å². The minimum Gasteiger partial charge on any atom is -0.367 e. The van der Waals surface area contributed by atoms with Crippen LogP contribution in [0.15, 0.2) is 11.4 Å². The average molecular weight is 340 g/mol. The summed E-state index contributed by atoms with van der Waals surface area (Å²) < 4.78 is 24.7. The first kappa shape index (κ1) is 15.6. The number of fused-ring (bicyclic) bond motifs is 1. The van der Waals surface area contributed by atoms with Gasteiger partial charge in [-0.3, -0.25) is 0 Å². The Labute approximate surface area is 134 Å². The van der Waals surface area contributed by atoms with E-state index in [1.54, 1.807) is 15.6 Å². The molecule has 0 saturated carbocycles. The molecule has 120 valence electrons. The Hall–Kier alpha value is -1.25. The third-order valence-corrected chi connectivity index (χ3v) is 6.06. The molecule has 1 N–H and O–H groups in total. The molecule has 3 heterocycles. The number of nitrogens with zero attached hydrogens (tertiary/aromatic N) is 3. The fraction of sp³-hybridized carbons (Fsp3) is 0.571. The van der Waals surface area contributed by atoms with E-state index in [0.29, 0.717) is 13.1 Å². The quantitative estimate of drug-likeness (QED) is 0.922. The van der Waals surface area contributed by atoms with Crippen molar-refractivity contribution in [1.82, 2.24) is 14.3 Å². The van der Waals surface area contributed by atoms with Crippen molar-refractivity contribution in [2.75, 3.05) is 24.7 Å². The van der Waals surface area contributed by atoms with E-state index < -0.39 is 10.0 Å². The highest BCUT2D eigenvalue weighted by Crippen LogP contribution is 2.27. The molecule has 2 aromatic heterocycles. The molecule has 0 radical (unpaired) electrons. The number of aromatic nitrogens is 2. The van der Waals surface area contributed by atoms with E-state index in [0.717, 1.165) is 41.1 Å². The largest absolute Gasteiger partial charge is 0.367 e. The molecular formula is C14H20N4O2S2. The van der Waals surface area contributed by atoms with Gasteiger partial charge >= 0.3 is 0 Å². The van der Waals surface area contributed by atoms with E-state index >= 15 is 0 Å². The van der Waals surface area contributed by atoms with E-state index in [9.17, 15) is 8.42 Å². The number of aryl methyl sites for hydroxylation is 1. The van der Waals surface area contributed by atoms with Crippen LogP contribution in [0.4, 0.5) is 5.82 Å². The van der Waals surface area contributed by atoms with E-state index in [4.69, 9.17) is 0 Å². The van der Waals surface area contributed by atoms with Crippen LogP contribution in [0.5, 0.6) is 0 Å². The number of thiophene rings is 1. The minimum absolute atomic E-state index is 0.251. The van der Waals surface area contributed by atoms with Crippen LogP contribution in [0.25, 0.3) is 10.2 Å². The van der Waals surface area contributed by atoms with Crippen LogP contribution >= 0.6 is 11.3 Å².